The molecule has 0 bridgehead atoms. The molecule has 2 amide bonds. The van der Waals surface area contributed by atoms with Crippen molar-refractivity contribution in [1.29, 1.82) is 0 Å². The summed E-state index contributed by atoms with van der Waals surface area (Å²) in [6.07, 6.45) is 1.44. The zero-order valence-electron chi connectivity index (χ0n) is 12.1. The second kappa shape index (κ2) is 5.55. The van der Waals surface area contributed by atoms with E-state index < -0.39 is 5.91 Å². The standard InChI is InChI=1S/C14H16N4O4/c1-2-21-12-4-3-10(22-12)14(20)17-5-6-18-9(13(15)19)7-16-11(18)8-17/h3-4,7H,2,5-6,8H2,1H3,(H2,15,19). The highest BCUT2D eigenvalue weighted by atomic mass is 16.6. The van der Waals surface area contributed by atoms with E-state index in [-0.39, 0.29) is 11.7 Å². The molecule has 3 heterocycles. The Morgan fingerprint density at radius 2 is 2.23 bits per heavy atom. The average Bonchev–Trinajstić information content (AvgIpc) is 3.12. The third kappa shape index (κ3) is 2.43. The van der Waals surface area contributed by atoms with Gasteiger partial charge >= 0.3 is 0 Å². The Morgan fingerprint density at radius 1 is 1.41 bits per heavy atom. The molecule has 0 aromatic carbocycles. The minimum absolute atomic E-state index is 0.221. The fourth-order valence-electron chi connectivity index (χ4n) is 2.44. The van der Waals surface area contributed by atoms with Crippen LogP contribution >= 0.6 is 0 Å². The molecule has 0 fully saturated rings. The summed E-state index contributed by atoms with van der Waals surface area (Å²) in [7, 11) is 0. The predicted octanol–water partition coefficient (Wildman–Crippen LogP) is 0.630. The van der Waals surface area contributed by atoms with Crippen LogP contribution < -0.4 is 10.5 Å². The third-order valence-corrected chi connectivity index (χ3v) is 3.48. The second-order valence-electron chi connectivity index (χ2n) is 4.85. The first-order valence-corrected chi connectivity index (χ1v) is 6.96. The van der Waals surface area contributed by atoms with E-state index in [2.05, 4.69) is 4.98 Å². The van der Waals surface area contributed by atoms with Gasteiger partial charge in [-0.25, -0.2) is 4.98 Å². The number of fused-ring (bicyclic) bond motifs is 1. The first kappa shape index (κ1) is 14.2. The van der Waals surface area contributed by atoms with Gasteiger partial charge in [0, 0.05) is 19.2 Å². The molecule has 0 radical (unpaired) electrons. The van der Waals surface area contributed by atoms with Gasteiger partial charge in [-0.1, -0.05) is 0 Å². The van der Waals surface area contributed by atoms with Crippen molar-refractivity contribution in [2.24, 2.45) is 5.73 Å². The van der Waals surface area contributed by atoms with Crippen LogP contribution in [0.2, 0.25) is 0 Å². The molecule has 0 saturated heterocycles. The summed E-state index contributed by atoms with van der Waals surface area (Å²) in [4.78, 5) is 29.5. The van der Waals surface area contributed by atoms with E-state index in [0.717, 1.165) is 0 Å². The van der Waals surface area contributed by atoms with Gasteiger partial charge in [-0.3, -0.25) is 9.59 Å². The quantitative estimate of drug-likeness (QED) is 0.892. The van der Waals surface area contributed by atoms with Crippen LogP contribution in [0, 0.1) is 0 Å². The first-order valence-electron chi connectivity index (χ1n) is 6.96. The lowest BCUT2D eigenvalue weighted by Gasteiger charge is -2.27. The number of hydrogen-bond donors (Lipinski definition) is 1. The van der Waals surface area contributed by atoms with Crippen LogP contribution in [0.3, 0.4) is 0 Å². The number of carbonyl (C=O) groups is 2. The van der Waals surface area contributed by atoms with Crippen molar-refractivity contribution in [3.63, 3.8) is 0 Å². The molecule has 8 nitrogen and oxygen atoms in total. The zero-order valence-corrected chi connectivity index (χ0v) is 12.1. The molecule has 0 unspecified atom stereocenters. The van der Waals surface area contributed by atoms with Crippen molar-refractivity contribution < 1.29 is 18.7 Å². The van der Waals surface area contributed by atoms with Crippen LogP contribution in [0.4, 0.5) is 0 Å². The van der Waals surface area contributed by atoms with E-state index in [1.165, 1.54) is 6.20 Å². The Morgan fingerprint density at radius 3 is 2.95 bits per heavy atom. The van der Waals surface area contributed by atoms with E-state index in [1.807, 2.05) is 6.92 Å². The SMILES string of the molecule is CCOc1ccc(C(=O)N2CCn3c(C(N)=O)cnc3C2)o1. The van der Waals surface area contributed by atoms with Gasteiger partial charge < -0.3 is 24.4 Å². The number of furan rings is 1. The fraction of sp³-hybridized carbons (Fsp3) is 0.357. The number of nitrogens with two attached hydrogens (primary N) is 1. The van der Waals surface area contributed by atoms with Crippen molar-refractivity contribution in [2.75, 3.05) is 13.2 Å². The average molecular weight is 304 g/mol. The molecule has 116 valence electrons. The maximum Gasteiger partial charge on any atom is 0.290 e. The highest BCUT2D eigenvalue weighted by Gasteiger charge is 2.27. The van der Waals surface area contributed by atoms with Crippen LogP contribution in [0.25, 0.3) is 0 Å². The molecule has 1 aliphatic rings. The topological polar surface area (TPSA) is 104 Å². The summed E-state index contributed by atoms with van der Waals surface area (Å²) < 4.78 is 12.3. The molecule has 3 rings (SSSR count). The van der Waals surface area contributed by atoms with Gasteiger partial charge in [0.15, 0.2) is 5.76 Å². The van der Waals surface area contributed by atoms with E-state index in [0.29, 0.717) is 43.7 Å². The number of amides is 2. The van der Waals surface area contributed by atoms with Crippen LogP contribution in [-0.2, 0) is 13.1 Å². The van der Waals surface area contributed by atoms with Gasteiger partial charge in [0.05, 0.1) is 19.3 Å². The summed E-state index contributed by atoms with van der Waals surface area (Å²) >= 11 is 0. The van der Waals surface area contributed by atoms with Gasteiger partial charge in [0.2, 0.25) is 0 Å². The van der Waals surface area contributed by atoms with E-state index in [4.69, 9.17) is 14.9 Å². The Labute approximate surface area is 126 Å². The fourth-order valence-corrected chi connectivity index (χ4v) is 2.44. The molecule has 22 heavy (non-hydrogen) atoms. The number of aromatic nitrogens is 2. The summed E-state index contributed by atoms with van der Waals surface area (Å²) in [6, 6.07) is 3.20. The number of hydrogen-bond acceptors (Lipinski definition) is 5. The van der Waals surface area contributed by atoms with Gasteiger partial charge in [-0.15, -0.1) is 0 Å². The Balaban J connectivity index is 1.76. The highest BCUT2D eigenvalue weighted by molar-refractivity contribution is 5.92. The van der Waals surface area contributed by atoms with Gasteiger partial charge in [0.25, 0.3) is 17.8 Å². The number of imidazole rings is 1. The molecule has 0 spiro atoms. The zero-order chi connectivity index (χ0) is 15.7. The highest BCUT2D eigenvalue weighted by Crippen LogP contribution is 2.20. The maximum absolute atomic E-state index is 12.4. The lowest BCUT2D eigenvalue weighted by Crippen LogP contribution is -2.39. The van der Waals surface area contributed by atoms with Crippen LogP contribution in [-0.4, -0.2) is 39.4 Å². The van der Waals surface area contributed by atoms with Gasteiger partial charge in [0.1, 0.15) is 11.5 Å². The summed E-state index contributed by atoms with van der Waals surface area (Å²) in [6.45, 7) is 3.53. The predicted molar refractivity (Wildman–Crippen MR) is 75.4 cm³/mol. The minimum atomic E-state index is -0.522. The molecule has 0 saturated carbocycles. The van der Waals surface area contributed by atoms with Crippen LogP contribution in [0.15, 0.2) is 22.7 Å². The van der Waals surface area contributed by atoms with Crippen LogP contribution in [0.5, 0.6) is 5.95 Å². The van der Waals surface area contributed by atoms with Crippen molar-refractivity contribution >= 4 is 11.8 Å². The Bertz CT molecular complexity index is 718. The minimum Gasteiger partial charge on any atom is -0.465 e. The molecular formula is C14H16N4O4. The number of ether oxygens (including phenoxy) is 1. The Kier molecular flexibility index (Phi) is 3.58. The Hall–Kier alpha value is -2.77. The van der Waals surface area contributed by atoms with E-state index in [1.54, 1.807) is 21.6 Å². The third-order valence-electron chi connectivity index (χ3n) is 3.48. The van der Waals surface area contributed by atoms with Gasteiger partial charge in [-0.2, -0.15) is 0 Å². The summed E-state index contributed by atoms with van der Waals surface area (Å²) in [5.74, 6) is 0.413. The normalized spacial score (nSPS) is 13.8. The first-order chi connectivity index (χ1) is 10.6. The van der Waals surface area contributed by atoms with Crippen LogP contribution in [0.1, 0.15) is 33.8 Å². The maximum atomic E-state index is 12.4. The lowest BCUT2D eigenvalue weighted by molar-refractivity contribution is 0.0666. The van der Waals surface area contributed by atoms with E-state index >= 15 is 0 Å². The molecular weight excluding hydrogens is 288 g/mol. The second-order valence-corrected chi connectivity index (χ2v) is 4.85. The van der Waals surface area contributed by atoms with Crippen molar-refractivity contribution in [3.05, 3.63) is 35.6 Å². The summed E-state index contributed by atoms with van der Waals surface area (Å²) in [5.41, 5.74) is 5.65. The van der Waals surface area contributed by atoms with Crippen molar-refractivity contribution in [2.45, 2.75) is 20.0 Å². The number of nitrogens with zero attached hydrogens (tertiary/aromatic N) is 3. The molecule has 8 heteroatoms. The van der Waals surface area contributed by atoms with Crippen molar-refractivity contribution in [3.8, 4) is 5.95 Å². The molecule has 1 aliphatic heterocycles. The van der Waals surface area contributed by atoms with E-state index in [9.17, 15) is 9.59 Å². The smallest absolute Gasteiger partial charge is 0.290 e. The number of rotatable bonds is 4. The number of carbonyl (C=O) groups excluding carboxylic acids is 2. The lowest BCUT2D eigenvalue weighted by atomic mass is 10.3. The molecule has 0 aliphatic carbocycles. The molecule has 0 atom stereocenters. The monoisotopic (exact) mass is 304 g/mol. The van der Waals surface area contributed by atoms with Crippen molar-refractivity contribution in [1.82, 2.24) is 14.5 Å². The largest absolute Gasteiger partial charge is 0.465 e. The molecule has 2 aromatic heterocycles. The summed E-state index contributed by atoms with van der Waals surface area (Å²) in [5, 5.41) is 0. The number of primary amides is 1. The molecule has 2 aromatic rings. The van der Waals surface area contributed by atoms with Gasteiger partial charge in [-0.05, 0) is 13.0 Å². The molecule has 2 N–H and O–H groups in total.